The quantitative estimate of drug-likeness (QED) is 0.190. The summed E-state index contributed by atoms with van der Waals surface area (Å²) in [5.41, 5.74) is 11.8. The van der Waals surface area contributed by atoms with E-state index < -0.39 is 0 Å². The van der Waals surface area contributed by atoms with Crippen LogP contribution in [0.1, 0.15) is 0 Å². The van der Waals surface area contributed by atoms with Gasteiger partial charge in [-0.25, -0.2) is 4.98 Å². The fraction of sp³-hybridized carbons (Fsp3) is 0. The van der Waals surface area contributed by atoms with Crippen LogP contribution in [0.5, 0.6) is 0 Å². The van der Waals surface area contributed by atoms with Gasteiger partial charge in [-0.2, -0.15) is 0 Å². The third-order valence-corrected chi connectivity index (χ3v) is 10.3. The zero-order chi connectivity index (χ0) is 33.5. The summed E-state index contributed by atoms with van der Waals surface area (Å²) >= 11 is 0. The van der Waals surface area contributed by atoms with Crippen LogP contribution in [-0.2, 0) is 0 Å². The Kier molecular flexibility index (Phi) is 5.92. The molecule has 238 valence electrons. The maximum atomic E-state index is 6.39. The summed E-state index contributed by atoms with van der Waals surface area (Å²) in [5.74, 6) is 0.870. The second kappa shape index (κ2) is 10.8. The van der Waals surface area contributed by atoms with E-state index in [2.05, 4.69) is 173 Å². The maximum Gasteiger partial charge on any atom is 0.144 e. The minimum absolute atomic E-state index is 0.860. The normalized spacial score (nSPS) is 11.9. The first-order chi connectivity index (χ1) is 25.3. The smallest absolute Gasteiger partial charge is 0.144 e. The van der Waals surface area contributed by atoms with Crippen molar-refractivity contribution in [2.24, 2.45) is 0 Å². The van der Waals surface area contributed by atoms with Crippen molar-refractivity contribution >= 4 is 65.6 Å². The van der Waals surface area contributed by atoms with Crippen LogP contribution < -0.4 is 0 Å². The molecule has 0 saturated carbocycles. The van der Waals surface area contributed by atoms with Gasteiger partial charge in [-0.3, -0.25) is 4.57 Å². The molecule has 4 aromatic heterocycles. The summed E-state index contributed by atoms with van der Waals surface area (Å²) in [6, 6.07) is 62.4. The highest BCUT2D eigenvalue weighted by Gasteiger charge is 2.18. The number of rotatable bonds is 4. The molecule has 0 bridgehead atoms. The molecule has 0 aliphatic carbocycles. The van der Waals surface area contributed by atoms with E-state index in [1.54, 1.807) is 0 Å². The Morgan fingerprint density at radius 2 is 0.961 bits per heavy atom. The molecule has 0 spiro atoms. The van der Waals surface area contributed by atoms with E-state index in [4.69, 9.17) is 9.40 Å². The van der Waals surface area contributed by atoms with Crippen LogP contribution >= 0.6 is 0 Å². The molecule has 4 heterocycles. The number of furan rings is 1. The van der Waals surface area contributed by atoms with Crippen molar-refractivity contribution in [3.8, 4) is 33.9 Å². The predicted octanol–water partition coefficient (Wildman–Crippen LogP) is 12.5. The maximum absolute atomic E-state index is 6.39. The monoisotopic (exact) mass is 651 g/mol. The highest BCUT2D eigenvalue weighted by molar-refractivity contribution is 6.13. The number of hydrogen-bond donors (Lipinski definition) is 0. The Bertz CT molecular complexity index is 3140. The lowest BCUT2D eigenvalue weighted by atomic mass is 10.0. The van der Waals surface area contributed by atoms with Gasteiger partial charge in [0.05, 0.1) is 27.8 Å². The lowest BCUT2D eigenvalue weighted by Crippen LogP contribution is -1.98. The minimum Gasteiger partial charge on any atom is -0.455 e. The summed E-state index contributed by atoms with van der Waals surface area (Å²) in [5, 5.41) is 7.10. The molecule has 4 heteroatoms. The van der Waals surface area contributed by atoms with Crippen LogP contribution in [0.15, 0.2) is 180 Å². The molecule has 11 aromatic rings. The van der Waals surface area contributed by atoms with Crippen molar-refractivity contribution in [1.82, 2.24) is 14.1 Å². The fourth-order valence-corrected chi connectivity index (χ4v) is 8.05. The largest absolute Gasteiger partial charge is 0.455 e. The Morgan fingerprint density at radius 1 is 0.392 bits per heavy atom. The molecule has 0 unspecified atom stereocenters. The van der Waals surface area contributed by atoms with Crippen LogP contribution in [0, 0.1) is 0 Å². The Morgan fingerprint density at radius 3 is 1.71 bits per heavy atom. The number of benzene rings is 7. The highest BCUT2D eigenvalue weighted by atomic mass is 16.3. The topological polar surface area (TPSA) is 35.9 Å². The molecule has 7 aromatic carbocycles. The van der Waals surface area contributed by atoms with E-state index in [1.807, 2.05) is 12.1 Å². The van der Waals surface area contributed by atoms with Crippen molar-refractivity contribution in [1.29, 1.82) is 0 Å². The standard InChI is InChI=1S/C47H29N3O/c1-2-12-32(13-3-1)49-41-20-7-4-14-33(41)38-28-30(24-26-43(38)49)31-25-27-44-39(29-31)34-15-5-8-21-42(34)50(44)46-23-11-19-40(48-46)37-18-10-17-36-35-16-6-9-22-45(35)51-47(36)37/h1-29H. The van der Waals surface area contributed by atoms with Gasteiger partial charge in [-0.15, -0.1) is 0 Å². The molecule has 0 fully saturated rings. The van der Waals surface area contributed by atoms with Crippen molar-refractivity contribution in [3.63, 3.8) is 0 Å². The third kappa shape index (κ3) is 4.17. The van der Waals surface area contributed by atoms with Crippen molar-refractivity contribution in [3.05, 3.63) is 176 Å². The molecular formula is C47H29N3O. The summed E-state index contributed by atoms with van der Waals surface area (Å²) in [6.45, 7) is 0. The van der Waals surface area contributed by atoms with E-state index in [9.17, 15) is 0 Å². The first kappa shape index (κ1) is 28.0. The summed E-state index contributed by atoms with van der Waals surface area (Å²) in [4.78, 5) is 5.28. The van der Waals surface area contributed by atoms with Crippen LogP contribution in [-0.4, -0.2) is 14.1 Å². The van der Waals surface area contributed by atoms with Gasteiger partial charge in [0.2, 0.25) is 0 Å². The van der Waals surface area contributed by atoms with Crippen molar-refractivity contribution < 1.29 is 4.42 Å². The Hall–Kier alpha value is -6.91. The summed E-state index contributed by atoms with van der Waals surface area (Å²) < 4.78 is 11.0. The van der Waals surface area contributed by atoms with E-state index in [-0.39, 0.29) is 0 Å². The third-order valence-electron chi connectivity index (χ3n) is 10.3. The number of hydrogen-bond acceptors (Lipinski definition) is 2. The lowest BCUT2D eigenvalue weighted by Gasteiger charge is -2.10. The van der Waals surface area contributed by atoms with E-state index in [1.165, 1.54) is 43.7 Å². The van der Waals surface area contributed by atoms with Gasteiger partial charge in [0.1, 0.15) is 17.0 Å². The molecule has 51 heavy (non-hydrogen) atoms. The van der Waals surface area contributed by atoms with Gasteiger partial charge in [0.25, 0.3) is 0 Å². The molecule has 0 aliphatic rings. The highest BCUT2D eigenvalue weighted by Crippen LogP contribution is 2.39. The molecule has 11 rings (SSSR count). The lowest BCUT2D eigenvalue weighted by molar-refractivity contribution is 0.670. The summed E-state index contributed by atoms with van der Waals surface area (Å²) in [6.07, 6.45) is 0. The van der Waals surface area contributed by atoms with E-state index >= 15 is 0 Å². The molecule has 0 amide bonds. The zero-order valence-electron chi connectivity index (χ0n) is 27.5. The van der Waals surface area contributed by atoms with Gasteiger partial charge < -0.3 is 8.98 Å². The molecule has 4 nitrogen and oxygen atoms in total. The molecular weight excluding hydrogens is 623 g/mol. The number of aromatic nitrogens is 3. The average Bonchev–Trinajstić information content (AvgIpc) is 3.85. The molecule has 0 saturated heterocycles. The van der Waals surface area contributed by atoms with Gasteiger partial charge in [0, 0.05) is 43.6 Å². The first-order valence-electron chi connectivity index (χ1n) is 17.3. The fourth-order valence-electron chi connectivity index (χ4n) is 8.05. The Labute approximate surface area is 293 Å². The number of para-hydroxylation sites is 5. The number of pyridine rings is 1. The van der Waals surface area contributed by atoms with Gasteiger partial charge in [0.15, 0.2) is 0 Å². The minimum atomic E-state index is 0.860. The van der Waals surface area contributed by atoms with Crippen LogP contribution in [0.4, 0.5) is 0 Å². The zero-order valence-corrected chi connectivity index (χ0v) is 27.5. The average molecular weight is 652 g/mol. The van der Waals surface area contributed by atoms with Gasteiger partial charge in [-0.05, 0) is 83.9 Å². The summed E-state index contributed by atoms with van der Waals surface area (Å²) in [7, 11) is 0. The van der Waals surface area contributed by atoms with Crippen LogP contribution in [0.3, 0.4) is 0 Å². The van der Waals surface area contributed by atoms with E-state index in [0.29, 0.717) is 0 Å². The predicted molar refractivity (Wildman–Crippen MR) is 211 cm³/mol. The van der Waals surface area contributed by atoms with E-state index in [0.717, 1.165) is 55.7 Å². The SMILES string of the molecule is c1ccc(-n2c3ccccc3c3cc(-c4ccc5c(c4)c4ccccc4n5-c4cccc(-c5cccc6c5oc5ccccc56)n4)ccc32)cc1. The molecule has 0 radical (unpaired) electrons. The van der Waals surface area contributed by atoms with Crippen molar-refractivity contribution in [2.45, 2.75) is 0 Å². The first-order valence-corrected chi connectivity index (χ1v) is 17.3. The second-order valence-electron chi connectivity index (χ2n) is 13.2. The van der Waals surface area contributed by atoms with Gasteiger partial charge in [-0.1, -0.05) is 103 Å². The van der Waals surface area contributed by atoms with Crippen molar-refractivity contribution in [2.75, 3.05) is 0 Å². The van der Waals surface area contributed by atoms with Gasteiger partial charge >= 0.3 is 0 Å². The number of nitrogens with zero attached hydrogens (tertiary/aromatic N) is 3. The second-order valence-corrected chi connectivity index (χ2v) is 13.2. The number of fused-ring (bicyclic) bond motifs is 9. The molecule has 0 atom stereocenters. The molecule has 0 N–H and O–H groups in total. The van der Waals surface area contributed by atoms with Crippen LogP contribution in [0.25, 0.3) is 99.4 Å². The Balaban J connectivity index is 1.07. The molecule has 0 aliphatic heterocycles. The van der Waals surface area contributed by atoms with Crippen LogP contribution in [0.2, 0.25) is 0 Å².